The Morgan fingerprint density at radius 3 is 2.89 bits per heavy atom. The molecule has 1 aromatic carbocycles. The molecule has 0 unspecified atom stereocenters. The van der Waals surface area contributed by atoms with Crippen LogP contribution in [-0.2, 0) is 17.6 Å². The molecule has 27 heavy (non-hydrogen) atoms. The molecule has 0 saturated carbocycles. The molecule has 2 aliphatic rings. The van der Waals surface area contributed by atoms with Crippen LogP contribution in [0.1, 0.15) is 39.7 Å². The molecule has 0 saturated heterocycles. The molecule has 9 heteroatoms. The van der Waals surface area contributed by atoms with E-state index in [1.807, 2.05) is 0 Å². The van der Waals surface area contributed by atoms with Crippen LogP contribution in [0.4, 0.5) is 10.7 Å². The Morgan fingerprint density at radius 1 is 1.37 bits per heavy atom. The van der Waals surface area contributed by atoms with Crippen LogP contribution in [0.5, 0.6) is 11.5 Å². The number of ether oxygens (including phenoxy) is 3. The van der Waals surface area contributed by atoms with Crippen LogP contribution in [0.2, 0.25) is 0 Å². The summed E-state index contributed by atoms with van der Waals surface area (Å²) in [7, 11) is 0. The minimum absolute atomic E-state index is 0.0255. The predicted octanol–water partition coefficient (Wildman–Crippen LogP) is 3.80. The third-order valence-corrected chi connectivity index (χ3v) is 5.62. The molecule has 2 heterocycles. The molecule has 4 rings (SSSR count). The monoisotopic (exact) mass is 388 g/mol. The topological polar surface area (TPSA) is 100 Å². The molecule has 0 spiro atoms. The van der Waals surface area contributed by atoms with Gasteiger partial charge in [-0.2, -0.15) is 0 Å². The summed E-state index contributed by atoms with van der Waals surface area (Å²) in [4.78, 5) is 28.8. The highest BCUT2D eigenvalue weighted by Crippen LogP contribution is 2.42. The average molecular weight is 388 g/mol. The lowest BCUT2D eigenvalue weighted by molar-refractivity contribution is -0.385. The summed E-state index contributed by atoms with van der Waals surface area (Å²) in [6, 6.07) is 2.85. The van der Waals surface area contributed by atoms with Gasteiger partial charge in [0.15, 0.2) is 11.5 Å². The zero-order chi connectivity index (χ0) is 19.0. The molecule has 1 aromatic heterocycles. The second kappa shape index (κ2) is 6.99. The molecule has 2 aromatic rings. The average Bonchev–Trinajstić information content (AvgIpc) is 3.33. The Labute approximate surface area is 158 Å². The molecule has 1 aliphatic carbocycles. The zero-order valence-electron chi connectivity index (χ0n) is 14.5. The van der Waals surface area contributed by atoms with Crippen molar-refractivity contribution in [3.05, 3.63) is 43.8 Å². The molecule has 0 atom stereocenters. The van der Waals surface area contributed by atoms with E-state index in [2.05, 4.69) is 4.99 Å². The Kier molecular flexibility index (Phi) is 4.53. The number of carbonyl (C=O) groups excluding carboxylic acids is 1. The van der Waals surface area contributed by atoms with Crippen molar-refractivity contribution < 1.29 is 23.9 Å². The fourth-order valence-corrected chi connectivity index (χ4v) is 4.45. The van der Waals surface area contributed by atoms with Crippen LogP contribution in [0.3, 0.4) is 0 Å². The van der Waals surface area contributed by atoms with Gasteiger partial charge in [0.05, 0.1) is 28.7 Å². The van der Waals surface area contributed by atoms with Crippen molar-refractivity contribution in [2.45, 2.75) is 26.2 Å². The number of hydrogen-bond acceptors (Lipinski definition) is 8. The summed E-state index contributed by atoms with van der Waals surface area (Å²) in [5.41, 5.74) is 1.62. The number of fused-ring (bicyclic) bond motifs is 2. The third kappa shape index (κ3) is 3.14. The predicted molar refractivity (Wildman–Crippen MR) is 98.8 cm³/mol. The Balaban J connectivity index is 1.74. The van der Waals surface area contributed by atoms with Crippen LogP contribution in [0.15, 0.2) is 17.1 Å². The lowest BCUT2D eigenvalue weighted by Gasteiger charge is -2.04. The highest BCUT2D eigenvalue weighted by molar-refractivity contribution is 7.16. The van der Waals surface area contributed by atoms with Crippen LogP contribution in [0.25, 0.3) is 0 Å². The van der Waals surface area contributed by atoms with Crippen molar-refractivity contribution in [3.63, 3.8) is 0 Å². The lowest BCUT2D eigenvalue weighted by Crippen LogP contribution is -2.06. The second-order valence-electron chi connectivity index (χ2n) is 6.04. The van der Waals surface area contributed by atoms with Gasteiger partial charge in [-0.05, 0) is 37.8 Å². The summed E-state index contributed by atoms with van der Waals surface area (Å²) in [5.74, 6) is 0.367. The van der Waals surface area contributed by atoms with Crippen LogP contribution >= 0.6 is 11.3 Å². The molecule has 140 valence electrons. The van der Waals surface area contributed by atoms with E-state index in [-0.39, 0.29) is 24.7 Å². The first-order valence-electron chi connectivity index (χ1n) is 8.52. The normalized spacial score (nSPS) is 14.6. The minimum Gasteiger partial charge on any atom is -0.462 e. The first-order valence-corrected chi connectivity index (χ1v) is 9.34. The fourth-order valence-electron chi connectivity index (χ4n) is 3.23. The Hall–Kier alpha value is -2.94. The Bertz CT molecular complexity index is 965. The van der Waals surface area contributed by atoms with E-state index in [4.69, 9.17) is 14.2 Å². The van der Waals surface area contributed by atoms with E-state index < -0.39 is 10.9 Å². The molecule has 1 aliphatic heterocycles. The molecule has 0 bridgehead atoms. The van der Waals surface area contributed by atoms with Gasteiger partial charge in [0.2, 0.25) is 6.79 Å². The number of thiophene rings is 1. The summed E-state index contributed by atoms with van der Waals surface area (Å²) < 4.78 is 15.7. The second-order valence-corrected chi connectivity index (χ2v) is 7.12. The molecular formula is C18H16N2O6S. The highest BCUT2D eigenvalue weighted by Gasteiger charge is 2.28. The van der Waals surface area contributed by atoms with Crippen LogP contribution in [-0.4, -0.2) is 30.5 Å². The summed E-state index contributed by atoms with van der Waals surface area (Å²) >= 11 is 1.44. The number of nitro benzene ring substituents is 1. The fraction of sp³-hybridized carbons (Fsp3) is 0.333. The van der Waals surface area contributed by atoms with Crippen LogP contribution in [0, 0.1) is 10.1 Å². The van der Waals surface area contributed by atoms with E-state index in [9.17, 15) is 14.9 Å². The molecule has 0 N–H and O–H groups in total. The van der Waals surface area contributed by atoms with Gasteiger partial charge in [-0.3, -0.25) is 10.1 Å². The lowest BCUT2D eigenvalue weighted by atomic mass is 10.1. The minimum atomic E-state index is -0.496. The third-order valence-electron chi connectivity index (χ3n) is 4.42. The van der Waals surface area contributed by atoms with E-state index in [1.165, 1.54) is 29.7 Å². The maximum Gasteiger partial charge on any atom is 0.341 e. The number of nitro groups is 1. The number of hydrogen-bond donors (Lipinski definition) is 0. The van der Waals surface area contributed by atoms with E-state index in [1.54, 1.807) is 6.92 Å². The van der Waals surface area contributed by atoms with Crippen LogP contribution < -0.4 is 9.47 Å². The van der Waals surface area contributed by atoms with Crippen molar-refractivity contribution in [2.75, 3.05) is 13.4 Å². The van der Waals surface area contributed by atoms with Gasteiger partial charge in [0.1, 0.15) is 5.00 Å². The van der Waals surface area contributed by atoms with E-state index in [0.29, 0.717) is 22.1 Å². The number of nitrogens with zero attached hydrogens (tertiary/aromatic N) is 2. The summed E-state index contributed by atoms with van der Waals surface area (Å²) in [6.07, 6.45) is 4.13. The van der Waals surface area contributed by atoms with Crippen molar-refractivity contribution in [1.29, 1.82) is 0 Å². The first-order chi connectivity index (χ1) is 13.1. The smallest absolute Gasteiger partial charge is 0.341 e. The number of rotatable bonds is 5. The number of carbonyl (C=O) groups is 1. The number of aryl methyl sites for hydroxylation is 1. The summed E-state index contributed by atoms with van der Waals surface area (Å²) in [6.45, 7) is 2.06. The zero-order valence-corrected chi connectivity index (χ0v) is 15.3. The number of esters is 1. The molecule has 0 amide bonds. The SMILES string of the molecule is CCOC(=O)c1c(N=Cc2cc3c(cc2[N+](=O)[O-])OCO3)sc2c1CCC2. The largest absolute Gasteiger partial charge is 0.462 e. The van der Waals surface area contributed by atoms with Gasteiger partial charge in [0, 0.05) is 11.1 Å². The van der Waals surface area contributed by atoms with Crippen molar-refractivity contribution in [1.82, 2.24) is 0 Å². The van der Waals surface area contributed by atoms with Gasteiger partial charge >= 0.3 is 5.97 Å². The van der Waals surface area contributed by atoms with Gasteiger partial charge in [-0.1, -0.05) is 0 Å². The van der Waals surface area contributed by atoms with E-state index >= 15 is 0 Å². The Morgan fingerprint density at radius 2 is 2.15 bits per heavy atom. The molecular weight excluding hydrogens is 372 g/mol. The number of aliphatic imine (C=N–C) groups is 1. The number of benzene rings is 1. The molecule has 8 nitrogen and oxygen atoms in total. The molecule has 0 fully saturated rings. The van der Waals surface area contributed by atoms with Crippen molar-refractivity contribution in [2.24, 2.45) is 4.99 Å². The standard InChI is InChI=1S/C18H16N2O6S/c1-2-24-18(21)16-11-4-3-5-15(11)27-17(16)19-8-10-6-13-14(26-9-25-13)7-12(10)20(22)23/h6-8H,2-5,9H2,1H3. The van der Waals surface area contributed by atoms with Gasteiger partial charge in [-0.15, -0.1) is 11.3 Å². The van der Waals surface area contributed by atoms with E-state index in [0.717, 1.165) is 29.7 Å². The first kappa shape index (κ1) is 17.5. The highest BCUT2D eigenvalue weighted by atomic mass is 32.1. The maximum absolute atomic E-state index is 12.4. The van der Waals surface area contributed by atoms with Gasteiger partial charge < -0.3 is 14.2 Å². The van der Waals surface area contributed by atoms with Crippen molar-refractivity contribution >= 4 is 34.2 Å². The van der Waals surface area contributed by atoms with Gasteiger partial charge in [-0.25, -0.2) is 9.79 Å². The summed E-state index contributed by atoms with van der Waals surface area (Å²) in [5, 5.41) is 11.9. The van der Waals surface area contributed by atoms with Gasteiger partial charge in [0.25, 0.3) is 5.69 Å². The maximum atomic E-state index is 12.4. The van der Waals surface area contributed by atoms with Crippen molar-refractivity contribution in [3.8, 4) is 11.5 Å². The quantitative estimate of drug-likeness (QED) is 0.334. The molecule has 0 radical (unpaired) electrons.